The number of hydrogen-bond donors (Lipinski definition) is 2. The molecule has 0 aromatic carbocycles. The predicted molar refractivity (Wildman–Crippen MR) is 45.9 cm³/mol. The summed E-state index contributed by atoms with van der Waals surface area (Å²) in [6, 6.07) is -0.352. The quantitative estimate of drug-likeness (QED) is 0.583. The Balaban J connectivity index is 3.69. The fourth-order valence-corrected chi connectivity index (χ4v) is 0.689. The Kier molecular flexibility index (Phi) is 5.19. The molecule has 0 aromatic rings. The van der Waals surface area contributed by atoms with Gasteiger partial charge in [-0.05, 0) is 0 Å². The summed E-state index contributed by atoms with van der Waals surface area (Å²) in [6.45, 7) is 0.289. The number of nitrogens with one attached hydrogen (secondary N) is 1. The van der Waals surface area contributed by atoms with Crippen molar-refractivity contribution < 1.29 is 9.59 Å². The molecule has 3 amide bonds. The van der Waals surface area contributed by atoms with Gasteiger partial charge < -0.3 is 16.0 Å². The minimum atomic E-state index is -0.543. The topological polar surface area (TPSA) is 75.4 Å². The molecule has 0 fully saturated rings. The molecule has 0 aliphatic rings. The van der Waals surface area contributed by atoms with Crippen molar-refractivity contribution in [2.75, 3.05) is 26.0 Å². The summed E-state index contributed by atoms with van der Waals surface area (Å²) in [5.41, 5.74) is 4.87. The molecular weight excluding hydrogens is 182 g/mol. The number of hydrogen-bond acceptors (Lipinski definition) is 2. The number of alkyl halides is 1. The smallest absolute Gasteiger partial charge is 0.317 e. The molecule has 5 nitrogen and oxygen atoms in total. The number of halogens is 1. The van der Waals surface area contributed by atoms with Crippen molar-refractivity contribution in [3.8, 4) is 0 Å². The molecule has 0 aromatic heterocycles. The van der Waals surface area contributed by atoms with Gasteiger partial charge in [0.05, 0.1) is 0 Å². The number of likely N-dealkylation sites (N-methyl/N-ethyl adjacent to an activating group) is 1. The average Bonchev–Trinajstić information content (AvgIpc) is 1.98. The Morgan fingerprint density at radius 1 is 1.58 bits per heavy atom. The maximum absolute atomic E-state index is 11.0. The van der Waals surface area contributed by atoms with Gasteiger partial charge in [0, 0.05) is 19.5 Å². The third-order valence-corrected chi connectivity index (χ3v) is 1.30. The lowest BCUT2D eigenvalue weighted by molar-refractivity contribution is -0.118. The molecule has 6 heteroatoms. The molecule has 0 heterocycles. The summed E-state index contributed by atoms with van der Waals surface area (Å²) >= 11 is 5.33. The van der Waals surface area contributed by atoms with Gasteiger partial charge >= 0.3 is 6.03 Å². The number of urea groups is 1. The van der Waals surface area contributed by atoms with E-state index in [0.29, 0.717) is 12.4 Å². The second-order valence-corrected chi connectivity index (χ2v) is 2.62. The number of carbonyl (C=O) groups excluding carboxylic acids is 2. The molecule has 0 spiro atoms. The lowest BCUT2D eigenvalue weighted by Gasteiger charge is -2.14. The number of primary amides is 1. The zero-order valence-corrected chi connectivity index (χ0v) is 7.60. The molecule has 70 valence electrons. The van der Waals surface area contributed by atoms with Crippen LogP contribution in [0.4, 0.5) is 4.79 Å². The molecular formula is C6H12ClN3O2. The largest absolute Gasteiger partial charge is 0.368 e. The third-order valence-electron chi connectivity index (χ3n) is 1.11. The van der Waals surface area contributed by atoms with E-state index in [9.17, 15) is 9.59 Å². The first-order chi connectivity index (χ1) is 5.57. The van der Waals surface area contributed by atoms with Gasteiger partial charge in [-0.1, -0.05) is 0 Å². The van der Waals surface area contributed by atoms with Gasteiger partial charge in [0.15, 0.2) is 0 Å². The number of carbonyl (C=O) groups is 2. The second-order valence-electron chi connectivity index (χ2n) is 2.24. The highest BCUT2D eigenvalue weighted by Crippen LogP contribution is 1.82. The molecule has 3 N–H and O–H groups in total. The van der Waals surface area contributed by atoms with Gasteiger partial charge in [0.1, 0.15) is 6.54 Å². The fraction of sp³-hybridized carbons (Fsp3) is 0.667. The molecule has 0 unspecified atom stereocenters. The molecule has 0 atom stereocenters. The van der Waals surface area contributed by atoms with Gasteiger partial charge in [-0.3, -0.25) is 4.79 Å². The molecule has 0 aliphatic heterocycles. The van der Waals surface area contributed by atoms with Crippen LogP contribution in [0.3, 0.4) is 0 Å². The van der Waals surface area contributed by atoms with E-state index in [2.05, 4.69) is 5.32 Å². The molecule has 0 bridgehead atoms. The first kappa shape index (κ1) is 11.0. The summed E-state index contributed by atoms with van der Waals surface area (Å²) in [5, 5.41) is 2.48. The molecule has 12 heavy (non-hydrogen) atoms. The van der Waals surface area contributed by atoms with Crippen molar-refractivity contribution in [1.29, 1.82) is 0 Å². The van der Waals surface area contributed by atoms with E-state index < -0.39 is 5.91 Å². The van der Waals surface area contributed by atoms with Gasteiger partial charge in [0.25, 0.3) is 0 Å². The monoisotopic (exact) mass is 193 g/mol. The Hall–Kier alpha value is -0.970. The molecule has 0 saturated carbocycles. The van der Waals surface area contributed by atoms with Gasteiger partial charge in [-0.25, -0.2) is 4.79 Å². The Morgan fingerprint density at radius 3 is 2.58 bits per heavy atom. The van der Waals surface area contributed by atoms with E-state index in [1.165, 1.54) is 11.9 Å². The summed E-state index contributed by atoms with van der Waals surface area (Å²) < 4.78 is 0. The van der Waals surface area contributed by atoms with Crippen molar-refractivity contribution in [2.45, 2.75) is 0 Å². The Morgan fingerprint density at radius 2 is 2.17 bits per heavy atom. The maximum Gasteiger partial charge on any atom is 0.317 e. The number of amides is 3. The zero-order valence-electron chi connectivity index (χ0n) is 6.84. The van der Waals surface area contributed by atoms with Crippen LogP contribution in [-0.4, -0.2) is 42.9 Å². The van der Waals surface area contributed by atoms with Crippen molar-refractivity contribution in [2.24, 2.45) is 5.73 Å². The summed E-state index contributed by atoms with van der Waals surface area (Å²) in [6.07, 6.45) is 0. The van der Waals surface area contributed by atoms with Crippen molar-refractivity contribution >= 4 is 23.5 Å². The van der Waals surface area contributed by atoms with Crippen LogP contribution in [0.1, 0.15) is 0 Å². The maximum atomic E-state index is 11.0. The van der Waals surface area contributed by atoms with E-state index in [1.54, 1.807) is 0 Å². The third kappa shape index (κ3) is 4.79. The summed E-state index contributed by atoms with van der Waals surface area (Å²) in [7, 11) is 1.48. The van der Waals surface area contributed by atoms with Crippen LogP contribution in [0.15, 0.2) is 0 Å². The van der Waals surface area contributed by atoms with Crippen LogP contribution in [0.2, 0.25) is 0 Å². The summed E-state index contributed by atoms with van der Waals surface area (Å²) in [5.74, 6) is -0.200. The zero-order chi connectivity index (χ0) is 9.56. The van der Waals surface area contributed by atoms with Crippen LogP contribution in [-0.2, 0) is 4.79 Å². The fourth-order valence-electron chi connectivity index (χ4n) is 0.595. The molecule has 0 rings (SSSR count). The number of rotatable bonds is 4. The van der Waals surface area contributed by atoms with Crippen LogP contribution < -0.4 is 11.1 Å². The van der Waals surface area contributed by atoms with E-state index in [0.717, 1.165) is 0 Å². The second kappa shape index (κ2) is 5.65. The van der Waals surface area contributed by atoms with Gasteiger partial charge in [0.2, 0.25) is 5.91 Å². The van der Waals surface area contributed by atoms with Crippen LogP contribution in [0, 0.1) is 0 Å². The molecule has 0 saturated heterocycles. The molecule has 0 radical (unpaired) electrons. The van der Waals surface area contributed by atoms with Gasteiger partial charge in [-0.15, -0.1) is 11.6 Å². The highest BCUT2D eigenvalue weighted by molar-refractivity contribution is 6.18. The normalized spacial score (nSPS) is 9.17. The van der Waals surface area contributed by atoms with Gasteiger partial charge in [-0.2, -0.15) is 0 Å². The minimum absolute atomic E-state index is 0.0892. The molecule has 0 aliphatic carbocycles. The minimum Gasteiger partial charge on any atom is -0.368 e. The average molecular weight is 194 g/mol. The standard InChI is InChI=1S/C6H12ClN3O2/c1-10(4-5(8)11)6(12)9-3-2-7/h2-4H2,1H3,(H2,8,11)(H,9,12). The van der Waals surface area contributed by atoms with E-state index in [-0.39, 0.29) is 12.6 Å². The predicted octanol–water partition coefficient (Wildman–Crippen LogP) is -0.648. The lowest BCUT2D eigenvalue weighted by atomic mass is 10.5. The lowest BCUT2D eigenvalue weighted by Crippen LogP contribution is -2.42. The first-order valence-corrected chi connectivity index (χ1v) is 3.94. The Labute approximate surface area is 75.8 Å². The SMILES string of the molecule is CN(CC(N)=O)C(=O)NCCCl. The number of nitrogens with zero attached hydrogens (tertiary/aromatic N) is 1. The van der Waals surface area contributed by atoms with E-state index in [4.69, 9.17) is 17.3 Å². The van der Waals surface area contributed by atoms with Crippen LogP contribution in [0.5, 0.6) is 0 Å². The summed E-state index contributed by atoms with van der Waals surface area (Å²) in [4.78, 5) is 22.5. The van der Waals surface area contributed by atoms with Crippen molar-refractivity contribution in [3.05, 3.63) is 0 Å². The number of nitrogens with two attached hydrogens (primary N) is 1. The van der Waals surface area contributed by atoms with Crippen LogP contribution >= 0.6 is 11.6 Å². The van der Waals surface area contributed by atoms with Crippen molar-refractivity contribution in [3.63, 3.8) is 0 Å². The Bertz CT molecular complexity index is 174. The highest BCUT2D eigenvalue weighted by atomic mass is 35.5. The first-order valence-electron chi connectivity index (χ1n) is 3.41. The van der Waals surface area contributed by atoms with E-state index >= 15 is 0 Å². The van der Waals surface area contributed by atoms with Crippen LogP contribution in [0.25, 0.3) is 0 Å². The highest BCUT2D eigenvalue weighted by Gasteiger charge is 2.08. The van der Waals surface area contributed by atoms with Crippen molar-refractivity contribution in [1.82, 2.24) is 10.2 Å². The van der Waals surface area contributed by atoms with E-state index in [1.807, 2.05) is 0 Å².